The number of carbonyl (C=O) groups is 1. The van der Waals surface area contributed by atoms with Gasteiger partial charge in [-0.2, -0.15) is 0 Å². The number of halogens is 1. The van der Waals surface area contributed by atoms with Gasteiger partial charge in [-0.05, 0) is 34.9 Å². The molecule has 0 atom stereocenters. The first kappa shape index (κ1) is 19.3. The van der Waals surface area contributed by atoms with Gasteiger partial charge in [-0.1, -0.05) is 42.5 Å². The molecule has 1 amide bonds. The Labute approximate surface area is 170 Å². The Morgan fingerprint density at radius 2 is 1.69 bits per heavy atom. The van der Waals surface area contributed by atoms with Crippen molar-refractivity contribution >= 4 is 5.91 Å². The van der Waals surface area contributed by atoms with Gasteiger partial charge < -0.3 is 4.90 Å². The number of carbonyl (C=O) groups excluding carboxylic acids is 1. The Morgan fingerprint density at radius 1 is 0.931 bits per heavy atom. The van der Waals surface area contributed by atoms with Crippen molar-refractivity contribution in [2.75, 3.05) is 26.2 Å². The molecule has 0 bridgehead atoms. The molecule has 2 heterocycles. The van der Waals surface area contributed by atoms with Crippen molar-refractivity contribution in [3.63, 3.8) is 0 Å². The van der Waals surface area contributed by atoms with E-state index in [0.717, 1.165) is 43.9 Å². The molecule has 1 fully saturated rings. The van der Waals surface area contributed by atoms with E-state index in [1.54, 1.807) is 18.3 Å². The summed E-state index contributed by atoms with van der Waals surface area (Å²) in [6.07, 6.45) is 4.00. The number of aromatic nitrogens is 1. The molecule has 4 nitrogen and oxygen atoms in total. The lowest BCUT2D eigenvalue weighted by atomic mass is 10.0. The molecule has 0 saturated carbocycles. The molecule has 0 radical (unpaired) electrons. The molecule has 0 aliphatic carbocycles. The van der Waals surface area contributed by atoms with Crippen molar-refractivity contribution in [1.82, 2.24) is 14.8 Å². The van der Waals surface area contributed by atoms with Crippen molar-refractivity contribution in [3.05, 3.63) is 90.0 Å². The topological polar surface area (TPSA) is 36.4 Å². The van der Waals surface area contributed by atoms with E-state index in [9.17, 15) is 9.18 Å². The summed E-state index contributed by atoms with van der Waals surface area (Å²) in [5.41, 5.74) is 4.45. The second-order valence-electron chi connectivity index (χ2n) is 7.36. The molecule has 29 heavy (non-hydrogen) atoms. The Balaban J connectivity index is 1.35. The summed E-state index contributed by atoms with van der Waals surface area (Å²) < 4.78 is 13.0. The van der Waals surface area contributed by atoms with E-state index in [2.05, 4.69) is 40.2 Å². The predicted octanol–water partition coefficient (Wildman–Crippen LogP) is 3.77. The van der Waals surface area contributed by atoms with E-state index in [-0.39, 0.29) is 11.7 Å². The maximum Gasteiger partial charge on any atom is 0.227 e. The van der Waals surface area contributed by atoms with Crippen molar-refractivity contribution < 1.29 is 9.18 Å². The monoisotopic (exact) mass is 389 g/mol. The number of hydrogen-bond donors (Lipinski definition) is 0. The van der Waals surface area contributed by atoms with Crippen molar-refractivity contribution in [3.8, 4) is 11.1 Å². The highest BCUT2D eigenvalue weighted by atomic mass is 19.1. The SMILES string of the molecule is O=C(Cc1ccc(F)cc1)N1CCN(Cc2ccccc2-c2cccnc2)CC1. The number of rotatable bonds is 5. The molecule has 0 spiro atoms. The largest absolute Gasteiger partial charge is 0.340 e. The molecule has 0 N–H and O–H groups in total. The molecule has 1 aromatic heterocycles. The van der Waals surface area contributed by atoms with E-state index < -0.39 is 0 Å². The number of piperazine rings is 1. The molecule has 2 aromatic carbocycles. The van der Waals surface area contributed by atoms with E-state index >= 15 is 0 Å². The molecule has 1 saturated heterocycles. The highest BCUT2D eigenvalue weighted by Gasteiger charge is 2.22. The fourth-order valence-electron chi connectivity index (χ4n) is 3.75. The van der Waals surface area contributed by atoms with E-state index in [1.807, 2.05) is 17.2 Å². The maximum absolute atomic E-state index is 13.0. The van der Waals surface area contributed by atoms with Gasteiger partial charge in [0.15, 0.2) is 0 Å². The molecule has 148 valence electrons. The Hall–Kier alpha value is -3.05. The highest BCUT2D eigenvalue weighted by molar-refractivity contribution is 5.78. The maximum atomic E-state index is 13.0. The zero-order valence-corrected chi connectivity index (χ0v) is 16.3. The highest BCUT2D eigenvalue weighted by Crippen LogP contribution is 2.24. The molecule has 0 unspecified atom stereocenters. The van der Waals surface area contributed by atoms with Gasteiger partial charge in [0.2, 0.25) is 5.91 Å². The number of nitrogens with zero attached hydrogens (tertiary/aromatic N) is 3. The van der Waals surface area contributed by atoms with Crippen molar-refractivity contribution in [2.45, 2.75) is 13.0 Å². The van der Waals surface area contributed by atoms with Gasteiger partial charge in [-0.25, -0.2) is 4.39 Å². The first-order valence-corrected chi connectivity index (χ1v) is 9.92. The Bertz CT molecular complexity index is 951. The summed E-state index contributed by atoms with van der Waals surface area (Å²) in [6.45, 7) is 3.97. The fourth-order valence-corrected chi connectivity index (χ4v) is 3.75. The number of amides is 1. The number of benzene rings is 2. The molecule has 3 aromatic rings. The number of hydrogen-bond acceptors (Lipinski definition) is 3. The number of pyridine rings is 1. The van der Waals surface area contributed by atoms with Gasteiger partial charge in [-0.15, -0.1) is 0 Å². The average molecular weight is 389 g/mol. The third-order valence-electron chi connectivity index (χ3n) is 5.38. The van der Waals surface area contributed by atoms with Crippen LogP contribution < -0.4 is 0 Å². The van der Waals surface area contributed by atoms with Crippen molar-refractivity contribution in [2.24, 2.45) is 0 Å². The Kier molecular flexibility index (Phi) is 5.96. The summed E-state index contributed by atoms with van der Waals surface area (Å²) >= 11 is 0. The zero-order chi connectivity index (χ0) is 20.1. The molecule has 1 aliphatic heterocycles. The summed E-state index contributed by atoms with van der Waals surface area (Å²) in [5.74, 6) is -0.173. The second kappa shape index (κ2) is 8.97. The first-order valence-electron chi connectivity index (χ1n) is 9.92. The standard InChI is InChI=1S/C24H24FN3O/c25-22-9-7-19(8-10-22)16-24(29)28-14-12-27(13-15-28)18-21-4-1-2-6-23(21)20-5-3-11-26-17-20/h1-11,17H,12-16,18H2. The minimum atomic E-state index is -0.277. The summed E-state index contributed by atoms with van der Waals surface area (Å²) in [7, 11) is 0. The summed E-state index contributed by atoms with van der Waals surface area (Å²) in [6, 6.07) is 18.6. The van der Waals surface area contributed by atoms with Gasteiger partial charge in [0.25, 0.3) is 0 Å². The van der Waals surface area contributed by atoms with Crippen LogP contribution in [-0.2, 0) is 17.8 Å². The zero-order valence-electron chi connectivity index (χ0n) is 16.3. The van der Waals surface area contributed by atoms with Gasteiger partial charge in [0.1, 0.15) is 5.82 Å². The summed E-state index contributed by atoms with van der Waals surface area (Å²) in [4.78, 5) is 21.1. The van der Waals surface area contributed by atoms with Crippen LogP contribution in [0.15, 0.2) is 73.1 Å². The Morgan fingerprint density at radius 3 is 2.41 bits per heavy atom. The van der Waals surface area contributed by atoms with E-state index in [0.29, 0.717) is 6.42 Å². The third kappa shape index (κ3) is 4.87. The smallest absolute Gasteiger partial charge is 0.227 e. The normalized spacial score (nSPS) is 14.7. The fraction of sp³-hybridized carbons (Fsp3) is 0.250. The van der Waals surface area contributed by atoms with Crippen LogP contribution in [0, 0.1) is 5.82 Å². The lowest BCUT2D eigenvalue weighted by Crippen LogP contribution is -2.48. The van der Waals surface area contributed by atoms with E-state index in [1.165, 1.54) is 23.3 Å². The second-order valence-corrected chi connectivity index (χ2v) is 7.36. The molecular formula is C24H24FN3O. The average Bonchev–Trinajstić information content (AvgIpc) is 2.77. The van der Waals surface area contributed by atoms with Gasteiger partial charge in [-0.3, -0.25) is 14.7 Å². The van der Waals surface area contributed by atoms with Crippen LogP contribution in [0.2, 0.25) is 0 Å². The van der Waals surface area contributed by atoms with Crippen LogP contribution in [0.25, 0.3) is 11.1 Å². The molecular weight excluding hydrogens is 365 g/mol. The molecule has 1 aliphatic rings. The molecule has 5 heteroatoms. The minimum Gasteiger partial charge on any atom is -0.340 e. The van der Waals surface area contributed by atoms with Crippen LogP contribution in [0.3, 0.4) is 0 Å². The van der Waals surface area contributed by atoms with Gasteiger partial charge in [0.05, 0.1) is 6.42 Å². The van der Waals surface area contributed by atoms with Crippen LogP contribution in [-0.4, -0.2) is 46.9 Å². The van der Waals surface area contributed by atoms with Crippen molar-refractivity contribution in [1.29, 1.82) is 0 Å². The van der Waals surface area contributed by atoms with E-state index in [4.69, 9.17) is 0 Å². The van der Waals surface area contributed by atoms with Crippen LogP contribution in [0.1, 0.15) is 11.1 Å². The van der Waals surface area contributed by atoms with Crippen LogP contribution in [0.5, 0.6) is 0 Å². The third-order valence-corrected chi connectivity index (χ3v) is 5.38. The predicted molar refractivity (Wildman–Crippen MR) is 112 cm³/mol. The summed E-state index contributed by atoms with van der Waals surface area (Å²) in [5, 5.41) is 0. The van der Waals surface area contributed by atoms with Crippen LogP contribution >= 0.6 is 0 Å². The lowest BCUT2D eigenvalue weighted by Gasteiger charge is -2.35. The van der Waals surface area contributed by atoms with Crippen LogP contribution in [0.4, 0.5) is 4.39 Å². The van der Waals surface area contributed by atoms with Gasteiger partial charge in [0, 0.05) is 50.7 Å². The minimum absolute atomic E-state index is 0.104. The first-order chi connectivity index (χ1) is 14.2. The van der Waals surface area contributed by atoms with Gasteiger partial charge >= 0.3 is 0 Å². The lowest BCUT2D eigenvalue weighted by molar-refractivity contribution is -0.132. The quantitative estimate of drug-likeness (QED) is 0.666. The molecule has 4 rings (SSSR count).